The van der Waals surface area contributed by atoms with Gasteiger partial charge in [0.05, 0.1) is 18.2 Å². The van der Waals surface area contributed by atoms with Gasteiger partial charge >= 0.3 is 22.5 Å². The van der Waals surface area contributed by atoms with Crippen LogP contribution in [0.15, 0.2) is 0 Å². The minimum atomic E-state index is -4.87. The van der Waals surface area contributed by atoms with Gasteiger partial charge in [-0.15, -0.1) is 4.28 Å². The number of urea groups is 1. The number of hydrogen-bond donors (Lipinski definition) is 3. The molecule has 0 aliphatic carbocycles. The Kier molecular flexibility index (Phi) is 6.12. The number of amides is 4. The predicted octanol–water partition coefficient (Wildman–Crippen LogP) is 0.596. The molecule has 3 saturated heterocycles. The number of hydrogen-bond acceptors (Lipinski definition) is 7. The zero-order valence-electron chi connectivity index (χ0n) is 17.6. The molecule has 4 amide bonds. The summed E-state index contributed by atoms with van der Waals surface area (Å²) in [4.78, 5) is 44.8. The molecule has 31 heavy (non-hydrogen) atoms. The second-order valence-corrected chi connectivity index (χ2v) is 10.1. The summed E-state index contributed by atoms with van der Waals surface area (Å²) in [6, 6.07) is -2.37. The van der Waals surface area contributed by atoms with Gasteiger partial charge in [0.15, 0.2) is 0 Å². The van der Waals surface area contributed by atoms with Gasteiger partial charge in [-0.3, -0.25) is 19.1 Å². The summed E-state index contributed by atoms with van der Waals surface area (Å²) in [5, 5.41) is 10.1. The molecule has 0 aromatic rings. The van der Waals surface area contributed by atoms with Crippen LogP contribution >= 0.6 is 0 Å². The Labute approximate surface area is 180 Å². The van der Waals surface area contributed by atoms with Crippen molar-refractivity contribution in [1.29, 1.82) is 0 Å². The molecular formula is C17H28N4O9S. The third-order valence-electron chi connectivity index (χ3n) is 6.40. The zero-order valence-corrected chi connectivity index (χ0v) is 18.4. The number of piperidine rings is 1. The van der Waals surface area contributed by atoms with Crippen LogP contribution in [0, 0.1) is 5.41 Å². The number of carboxylic acid groups (broad SMARTS) is 1. The van der Waals surface area contributed by atoms with E-state index in [1.807, 2.05) is 20.8 Å². The first-order valence-electron chi connectivity index (χ1n) is 9.96. The van der Waals surface area contributed by atoms with Crippen molar-refractivity contribution in [2.75, 3.05) is 19.7 Å². The lowest BCUT2D eigenvalue weighted by Crippen LogP contribution is -2.59. The minimum absolute atomic E-state index is 0.0597. The van der Waals surface area contributed by atoms with Crippen molar-refractivity contribution < 1.29 is 41.6 Å². The zero-order chi connectivity index (χ0) is 23.2. The number of fused-ring (bicyclic) bond motifs is 2. The summed E-state index contributed by atoms with van der Waals surface area (Å²) >= 11 is 0. The van der Waals surface area contributed by atoms with Crippen LogP contribution in [0.25, 0.3) is 0 Å². The fourth-order valence-corrected chi connectivity index (χ4v) is 5.09. The van der Waals surface area contributed by atoms with E-state index in [-0.39, 0.29) is 26.0 Å². The van der Waals surface area contributed by atoms with Gasteiger partial charge in [0.1, 0.15) is 6.04 Å². The number of nitrogens with zero attached hydrogens (tertiary/aromatic N) is 3. The first-order chi connectivity index (χ1) is 14.3. The van der Waals surface area contributed by atoms with Gasteiger partial charge in [0.2, 0.25) is 0 Å². The Balaban J connectivity index is 1.64. The molecule has 3 heterocycles. The van der Waals surface area contributed by atoms with Gasteiger partial charge in [-0.25, -0.2) is 15.1 Å². The lowest BCUT2D eigenvalue weighted by molar-refractivity contribution is -0.145. The highest BCUT2D eigenvalue weighted by Gasteiger charge is 2.53. The normalized spacial score (nSPS) is 28.9. The average molecular weight is 464 g/mol. The molecule has 13 nitrogen and oxygen atoms in total. The van der Waals surface area contributed by atoms with Crippen LogP contribution in [0.3, 0.4) is 0 Å². The van der Waals surface area contributed by atoms with Gasteiger partial charge in [0, 0.05) is 13.1 Å². The summed E-state index contributed by atoms with van der Waals surface area (Å²) in [6.45, 7) is 6.11. The van der Waals surface area contributed by atoms with Gasteiger partial charge in [-0.2, -0.15) is 13.5 Å². The fraction of sp³-hybridized carbons (Fsp3) is 0.824. The molecule has 0 aromatic carbocycles. The maximum atomic E-state index is 12.7. The number of carbonyl (C=O) groups excluding carboxylic acids is 2. The van der Waals surface area contributed by atoms with Crippen LogP contribution in [-0.4, -0.2) is 88.3 Å². The highest BCUT2D eigenvalue weighted by atomic mass is 32.3. The third kappa shape index (κ3) is 4.42. The van der Waals surface area contributed by atoms with Gasteiger partial charge < -0.3 is 10.0 Å². The smallest absolute Gasteiger partial charge is 0.418 e. The molecule has 0 unspecified atom stereocenters. The van der Waals surface area contributed by atoms with Crippen molar-refractivity contribution in [2.24, 2.45) is 5.41 Å². The first-order valence-corrected chi connectivity index (χ1v) is 11.3. The largest absolute Gasteiger partial charge is 0.465 e. The molecule has 0 saturated carbocycles. The van der Waals surface area contributed by atoms with Gasteiger partial charge in [-0.1, -0.05) is 20.8 Å². The van der Waals surface area contributed by atoms with E-state index in [4.69, 9.17) is 9.39 Å². The van der Waals surface area contributed by atoms with Crippen molar-refractivity contribution in [1.82, 2.24) is 20.3 Å². The molecule has 3 N–H and O–H groups in total. The lowest BCUT2D eigenvalue weighted by Gasteiger charge is -2.46. The van der Waals surface area contributed by atoms with Gasteiger partial charge in [-0.05, 0) is 31.1 Å². The van der Waals surface area contributed by atoms with Crippen molar-refractivity contribution in [2.45, 2.75) is 64.1 Å². The standard InChI is InChI=1S/C17H28N4O9S/c1-16(2,3)17(7-4-8-20(17)15(24)25)10-29-18-13(22)12-6-5-11-9-19(12)14(23)21(11)30-31(26,27)28/h11-12H,4-10H2,1-3H3,(H,18,22)(H,24,25)(H,26,27,28)/t11-,12+,17+/m1/s1. The second-order valence-electron chi connectivity index (χ2n) is 9.08. The summed E-state index contributed by atoms with van der Waals surface area (Å²) in [7, 11) is -4.87. The van der Waals surface area contributed by atoms with E-state index >= 15 is 0 Å². The molecule has 14 heteroatoms. The van der Waals surface area contributed by atoms with Crippen molar-refractivity contribution >= 4 is 28.4 Å². The molecule has 3 atom stereocenters. The number of likely N-dealkylation sites (tertiary alicyclic amines) is 1. The Morgan fingerprint density at radius 1 is 1.29 bits per heavy atom. The highest BCUT2D eigenvalue weighted by Crippen LogP contribution is 2.44. The Bertz CT molecular complexity index is 858. The molecule has 2 bridgehead atoms. The molecule has 3 aliphatic heterocycles. The van der Waals surface area contributed by atoms with Crippen LogP contribution < -0.4 is 5.48 Å². The van der Waals surface area contributed by atoms with E-state index in [0.29, 0.717) is 24.4 Å². The monoisotopic (exact) mass is 464 g/mol. The second kappa shape index (κ2) is 8.07. The highest BCUT2D eigenvalue weighted by molar-refractivity contribution is 7.80. The Hall–Kier alpha value is -2.16. The van der Waals surface area contributed by atoms with Crippen LogP contribution in [-0.2, 0) is 24.3 Å². The fourth-order valence-electron chi connectivity index (χ4n) is 4.70. The molecule has 3 aliphatic rings. The van der Waals surface area contributed by atoms with E-state index in [9.17, 15) is 27.9 Å². The van der Waals surface area contributed by atoms with E-state index in [1.54, 1.807) is 0 Å². The molecule has 3 rings (SSSR count). The van der Waals surface area contributed by atoms with E-state index in [1.165, 1.54) is 4.90 Å². The average Bonchev–Trinajstić information content (AvgIpc) is 3.17. The number of hydroxylamine groups is 3. The van der Waals surface area contributed by atoms with E-state index in [2.05, 4.69) is 9.76 Å². The number of rotatable bonds is 6. The van der Waals surface area contributed by atoms with Crippen molar-refractivity contribution in [3.8, 4) is 0 Å². The van der Waals surface area contributed by atoms with Gasteiger partial charge in [0.25, 0.3) is 5.91 Å². The van der Waals surface area contributed by atoms with Crippen molar-refractivity contribution in [3.05, 3.63) is 0 Å². The van der Waals surface area contributed by atoms with E-state index < -0.39 is 51.5 Å². The Morgan fingerprint density at radius 2 is 1.97 bits per heavy atom. The van der Waals surface area contributed by atoms with Crippen LogP contribution in [0.4, 0.5) is 9.59 Å². The van der Waals surface area contributed by atoms with Crippen LogP contribution in [0.1, 0.15) is 46.5 Å². The first kappa shape index (κ1) is 23.5. The molecular weight excluding hydrogens is 436 g/mol. The van der Waals surface area contributed by atoms with Crippen LogP contribution in [0.2, 0.25) is 0 Å². The summed E-state index contributed by atoms with van der Waals surface area (Å²) in [6.07, 6.45) is 0.729. The topological polar surface area (TPSA) is 166 Å². The summed E-state index contributed by atoms with van der Waals surface area (Å²) in [5.41, 5.74) is 1.04. The predicted molar refractivity (Wildman–Crippen MR) is 104 cm³/mol. The minimum Gasteiger partial charge on any atom is -0.465 e. The van der Waals surface area contributed by atoms with Crippen molar-refractivity contribution in [3.63, 3.8) is 0 Å². The molecule has 0 spiro atoms. The molecule has 176 valence electrons. The molecule has 3 fully saturated rings. The van der Waals surface area contributed by atoms with Crippen LogP contribution in [0.5, 0.6) is 0 Å². The Morgan fingerprint density at radius 3 is 2.55 bits per heavy atom. The maximum absolute atomic E-state index is 12.7. The molecule has 0 aromatic heterocycles. The van der Waals surface area contributed by atoms with E-state index in [0.717, 1.165) is 4.90 Å². The summed E-state index contributed by atoms with van der Waals surface area (Å²) in [5.74, 6) is -0.607. The number of carbonyl (C=O) groups is 3. The lowest BCUT2D eigenvalue weighted by atomic mass is 9.72. The third-order valence-corrected chi connectivity index (χ3v) is 6.75. The maximum Gasteiger partial charge on any atom is 0.418 e. The quantitative estimate of drug-likeness (QED) is 0.377. The number of nitrogens with one attached hydrogen (secondary N) is 1. The SMILES string of the molecule is CC(C)(C)[C@@]1(CONC(=O)[C@@H]2CC[C@@H]3CN2C(=O)N3OS(=O)(=O)O)CCCN1C(=O)O. The molecule has 0 radical (unpaired) electrons. The summed E-state index contributed by atoms with van der Waals surface area (Å²) < 4.78 is 35.1.